The molecule has 1 atom stereocenters. The number of para-hydroxylation sites is 1. The fraction of sp³-hybridized carbons (Fsp3) is 0.308. The maximum Gasteiger partial charge on any atom is 0.0933 e. The van der Waals surface area contributed by atoms with Crippen molar-refractivity contribution in [3.63, 3.8) is 0 Å². The number of aromatic nitrogens is 1. The van der Waals surface area contributed by atoms with Gasteiger partial charge in [-0.2, -0.15) is 0 Å². The number of rotatable bonds is 2. The van der Waals surface area contributed by atoms with Crippen LogP contribution in [-0.4, -0.2) is 24.1 Å². The summed E-state index contributed by atoms with van der Waals surface area (Å²) < 4.78 is 0. The van der Waals surface area contributed by atoms with Gasteiger partial charge in [0.2, 0.25) is 0 Å². The molecule has 1 aliphatic heterocycles. The first-order valence-electron chi connectivity index (χ1n) is 5.74. The Labute approximate surface area is 94.9 Å². The molecule has 0 amide bonds. The molecule has 1 unspecified atom stereocenters. The lowest BCUT2D eigenvalue weighted by molar-refractivity contribution is 0.794. The monoisotopic (exact) mass is 213 g/mol. The maximum atomic E-state index is 4.44. The average molecular weight is 213 g/mol. The van der Waals surface area contributed by atoms with Crippen LogP contribution in [-0.2, 0) is 0 Å². The molecule has 1 aliphatic rings. The molecule has 1 saturated heterocycles. The number of nitrogens with zero attached hydrogens (tertiary/aromatic N) is 1. The highest BCUT2D eigenvalue weighted by molar-refractivity contribution is 5.90. The van der Waals surface area contributed by atoms with Crippen LogP contribution in [0.5, 0.6) is 0 Å². The van der Waals surface area contributed by atoms with Crippen molar-refractivity contribution >= 4 is 16.6 Å². The van der Waals surface area contributed by atoms with Crippen LogP contribution in [0.25, 0.3) is 10.9 Å². The minimum Gasteiger partial charge on any atom is -0.379 e. The summed E-state index contributed by atoms with van der Waals surface area (Å²) in [6, 6.07) is 10.9. The number of fused-ring (bicyclic) bond motifs is 1. The molecule has 3 nitrogen and oxygen atoms in total. The summed E-state index contributed by atoms with van der Waals surface area (Å²) in [5.41, 5.74) is 2.21. The van der Waals surface area contributed by atoms with E-state index in [2.05, 4.69) is 39.9 Å². The van der Waals surface area contributed by atoms with Gasteiger partial charge in [-0.15, -0.1) is 0 Å². The average Bonchev–Trinajstić information content (AvgIpc) is 2.82. The summed E-state index contributed by atoms with van der Waals surface area (Å²) in [4.78, 5) is 4.44. The van der Waals surface area contributed by atoms with E-state index in [1.165, 1.54) is 11.8 Å². The van der Waals surface area contributed by atoms with Gasteiger partial charge in [-0.1, -0.05) is 18.2 Å². The smallest absolute Gasteiger partial charge is 0.0933 e. The van der Waals surface area contributed by atoms with Crippen molar-refractivity contribution in [2.24, 2.45) is 0 Å². The van der Waals surface area contributed by atoms with E-state index >= 15 is 0 Å². The van der Waals surface area contributed by atoms with Crippen molar-refractivity contribution in [1.29, 1.82) is 0 Å². The summed E-state index contributed by atoms with van der Waals surface area (Å²) in [5, 5.41) is 8.11. The molecular formula is C13H15N3. The Morgan fingerprint density at radius 3 is 3.06 bits per heavy atom. The van der Waals surface area contributed by atoms with Gasteiger partial charge in [0.15, 0.2) is 0 Å². The van der Waals surface area contributed by atoms with E-state index in [1.807, 2.05) is 12.3 Å². The first-order chi connectivity index (χ1) is 7.93. The highest BCUT2D eigenvalue weighted by atomic mass is 15.0. The third-order valence-corrected chi connectivity index (χ3v) is 3.05. The number of anilines is 1. The van der Waals surface area contributed by atoms with E-state index in [4.69, 9.17) is 0 Å². The van der Waals surface area contributed by atoms with Crippen LogP contribution in [0.3, 0.4) is 0 Å². The lowest BCUT2D eigenvalue weighted by Gasteiger charge is -2.14. The minimum absolute atomic E-state index is 0.535. The molecular weight excluding hydrogens is 198 g/mol. The number of hydrogen-bond donors (Lipinski definition) is 2. The van der Waals surface area contributed by atoms with Crippen LogP contribution < -0.4 is 10.6 Å². The van der Waals surface area contributed by atoms with Crippen LogP contribution in [0, 0.1) is 0 Å². The molecule has 16 heavy (non-hydrogen) atoms. The van der Waals surface area contributed by atoms with Gasteiger partial charge < -0.3 is 10.6 Å². The van der Waals surface area contributed by atoms with Gasteiger partial charge in [-0.25, -0.2) is 0 Å². The second kappa shape index (κ2) is 4.10. The zero-order valence-electron chi connectivity index (χ0n) is 9.11. The molecule has 2 heterocycles. The van der Waals surface area contributed by atoms with Crippen LogP contribution in [0.15, 0.2) is 36.5 Å². The molecule has 1 aromatic carbocycles. The molecule has 3 heteroatoms. The van der Waals surface area contributed by atoms with E-state index in [0.29, 0.717) is 6.04 Å². The molecule has 0 saturated carbocycles. The van der Waals surface area contributed by atoms with Gasteiger partial charge in [-0.05, 0) is 25.1 Å². The van der Waals surface area contributed by atoms with Gasteiger partial charge in [-0.3, -0.25) is 4.98 Å². The SMILES string of the molecule is c1cnc2c(NC3CCNC3)cccc2c1. The summed E-state index contributed by atoms with van der Waals surface area (Å²) >= 11 is 0. The first-order valence-corrected chi connectivity index (χ1v) is 5.74. The second-order valence-electron chi connectivity index (χ2n) is 4.21. The molecule has 0 bridgehead atoms. The van der Waals surface area contributed by atoms with Gasteiger partial charge in [0.1, 0.15) is 0 Å². The van der Waals surface area contributed by atoms with Gasteiger partial charge in [0, 0.05) is 24.2 Å². The predicted molar refractivity (Wildman–Crippen MR) is 66.6 cm³/mol. The number of hydrogen-bond acceptors (Lipinski definition) is 3. The standard InChI is InChI=1S/C13H15N3/c1-3-10-4-2-7-15-13(10)12(5-1)16-11-6-8-14-9-11/h1-5,7,11,14,16H,6,8-9H2. The topological polar surface area (TPSA) is 37.0 Å². The molecule has 0 spiro atoms. The molecule has 82 valence electrons. The van der Waals surface area contributed by atoms with Crippen LogP contribution in [0.1, 0.15) is 6.42 Å². The van der Waals surface area contributed by atoms with Crippen molar-refractivity contribution in [2.75, 3.05) is 18.4 Å². The highest BCUT2D eigenvalue weighted by Crippen LogP contribution is 2.22. The summed E-state index contributed by atoms with van der Waals surface area (Å²) in [7, 11) is 0. The Bertz CT molecular complexity index is 484. The van der Waals surface area contributed by atoms with Crippen LogP contribution in [0.4, 0.5) is 5.69 Å². The molecule has 2 aromatic rings. The van der Waals surface area contributed by atoms with E-state index in [0.717, 1.165) is 24.3 Å². The molecule has 1 aromatic heterocycles. The molecule has 2 N–H and O–H groups in total. The van der Waals surface area contributed by atoms with Gasteiger partial charge >= 0.3 is 0 Å². The molecule has 1 fully saturated rings. The quantitative estimate of drug-likeness (QED) is 0.801. The van der Waals surface area contributed by atoms with E-state index in [1.54, 1.807) is 0 Å². The molecule has 3 rings (SSSR count). The number of nitrogens with one attached hydrogen (secondary N) is 2. The van der Waals surface area contributed by atoms with Crippen molar-refractivity contribution in [2.45, 2.75) is 12.5 Å². The molecule has 0 radical (unpaired) electrons. The summed E-state index contributed by atoms with van der Waals surface area (Å²) in [5.74, 6) is 0. The van der Waals surface area contributed by atoms with Crippen molar-refractivity contribution in [1.82, 2.24) is 10.3 Å². The number of benzene rings is 1. The minimum atomic E-state index is 0.535. The summed E-state index contributed by atoms with van der Waals surface area (Å²) in [6.45, 7) is 2.15. The van der Waals surface area contributed by atoms with E-state index < -0.39 is 0 Å². The Kier molecular flexibility index (Phi) is 2.46. The zero-order chi connectivity index (χ0) is 10.8. The first kappa shape index (κ1) is 9.60. The predicted octanol–water partition coefficient (Wildman–Crippen LogP) is 2.01. The Morgan fingerprint density at radius 1 is 1.25 bits per heavy atom. The summed E-state index contributed by atoms with van der Waals surface area (Å²) in [6.07, 6.45) is 3.03. The van der Waals surface area contributed by atoms with E-state index in [9.17, 15) is 0 Å². The van der Waals surface area contributed by atoms with Crippen LogP contribution >= 0.6 is 0 Å². The normalized spacial score (nSPS) is 20.1. The Morgan fingerprint density at radius 2 is 2.19 bits per heavy atom. The fourth-order valence-electron chi connectivity index (χ4n) is 2.22. The van der Waals surface area contributed by atoms with Crippen molar-refractivity contribution in [3.05, 3.63) is 36.5 Å². The third-order valence-electron chi connectivity index (χ3n) is 3.05. The highest BCUT2D eigenvalue weighted by Gasteiger charge is 2.14. The Balaban J connectivity index is 1.96. The lowest BCUT2D eigenvalue weighted by Crippen LogP contribution is -2.22. The fourth-order valence-corrected chi connectivity index (χ4v) is 2.22. The van der Waals surface area contributed by atoms with Crippen molar-refractivity contribution in [3.8, 4) is 0 Å². The van der Waals surface area contributed by atoms with Gasteiger partial charge in [0.25, 0.3) is 0 Å². The number of pyridine rings is 1. The van der Waals surface area contributed by atoms with Gasteiger partial charge in [0.05, 0.1) is 11.2 Å². The molecule has 0 aliphatic carbocycles. The third kappa shape index (κ3) is 1.74. The van der Waals surface area contributed by atoms with E-state index in [-0.39, 0.29) is 0 Å². The lowest BCUT2D eigenvalue weighted by atomic mass is 10.1. The van der Waals surface area contributed by atoms with Crippen LogP contribution in [0.2, 0.25) is 0 Å². The Hall–Kier alpha value is -1.61. The zero-order valence-corrected chi connectivity index (χ0v) is 9.11. The second-order valence-corrected chi connectivity index (χ2v) is 4.21. The van der Waals surface area contributed by atoms with Crippen molar-refractivity contribution < 1.29 is 0 Å². The maximum absolute atomic E-state index is 4.44. The largest absolute Gasteiger partial charge is 0.379 e.